The van der Waals surface area contributed by atoms with Gasteiger partial charge in [-0.15, -0.1) is 0 Å². The lowest BCUT2D eigenvalue weighted by Gasteiger charge is -2.24. The molecule has 0 saturated heterocycles. The average Bonchev–Trinajstić information content (AvgIpc) is 2.18. The maximum absolute atomic E-state index is 9.12. The number of hydrogen-bond acceptors (Lipinski definition) is 4. The van der Waals surface area contributed by atoms with Gasteiger partial charge >= 0.3 is 0 Å². The molecule has 92 valence electrons. The molecule has 0 aliphatic rings. The molecule has 0 rings (SSSR count). The maximum Gasteiger partial charge on any atom is 0.169 e. The Morgan fingerprint density at radius 2 is 1.67 bits per heavy atom. The molecule has 4 heteroatoms. The van der Waals surface area contributed by atoms with Crippen LogP contribution in [0.3, 0.4) is 0 Å². The van der Waals surface area contributed by atoms with Crippen LogP contribution >= 0.6 is 0 Å². The number of nitrogens with one attached hydrogen (secondary N) is 1. The molecule has 0 aromatic rings. The second-order valence-corrected chi connectivity index (χ2v) is 3.78. The van der Waals surface area contributed by atoms with Crippen molar-refractivity contribution in [3.05, 3.63) is 0 Å². The minimum absolute atomic E-state index is 0.105. The van der Waals surface area contributed by atoms with E-state index in [1.807, 2.05) is 13.8 Å². The summed E-state index contributed by atoms with van der Waals surface area (Å²) in [5, 5.41) is 12.4. The first-order valence-electron chi connectivity index (χ1n) is 5.73. The van der Waals surface area contributed by atoms with Crippen LogP contribution in [-0.4, -0.2) is 43.8 Å². The molecule has 0 aliphatic carbocycles. The molecule has 15 heavy (non-hydrogen) atoms. The van der Waals surface area contributed by atoms with Crippen molar-refractivity contribution >= 4 is 0 Å². The van der Waals surface area contributed by atoms with E-state index in [4.69, 9.17) is 14.6 Å². The van der Waals surface area contributed by atoms with Gasteiger partial charge in [0.2, 0.25) is 0 Å². The molecule has 2 N–H and O–H groups in total. The van der Waals surface area contributed by atoms with E-state index >= 15 is 0 Å². The second-order valence-electron chi connectivity index (χ2n) is 3.78. The molecule has 0 radical (unpaired) electrons. The molecule has 0 aromatic carbocycles. The van der Waals surface area contributed by atoms with Crippen molar-refractivity contribution in [2.75, 3.05) is 26.4 Å². The highest BCUT2D eigenvalue weighted by Crippen LogP contribution is 2.01. The lowest BCUT2D eigenvalue weighted by atomic mass is 10.1. The fourth-order valence-corrected chi connectivity index (χ4v) is 1.30. The number of hydrogen-bond donors (Lipinski definition) is 2. The molecule has 0 amide bonds. The number of aliphatic hydroxyl groups excluding tert-OH is 1. The second kappa shape index (κ2) is 9.09. The quantitative estimate of drug-likeness (QED) is 0.568. The van der Waals surface area contributed by atoms with Gasteiger partial charge in [0.25, 0.3) is 0 Å². The van der Waals surface area contributed by atoms with Crippen LogP contribution in [0.1, 0.15) is 27.7 Å². The zero-order chi connectivity index (χ0) is 11.7. The summed E-state index contributed by atoms with van der Waals surface area (Å²) in [5.74, 6) is 0.402. The Balaban J connectivity index is 3.84. The zero-order valence-corrected chi connectivity index (χ0v) is 10.3. The Kier molecular flexibility index (Phi) is 9.00. The summed E-state index contributed by atoms with van der Waals surface area (Å²) < 4.78 is 10.8. The zero-order valence-electron chi connectivity index (χ0n) is 10.3. The molecule has 0 unspecified atom stereocenters. The lowest BCUT2D eigenvalue weighted by Crippen LogP contribution is -2.42. The van der Waals surface area contributed by atoms with Crippen molar-refractivity contribution in [3.63, 3.8) is 0 Å². The largest absolute Gasteiger partial charge is 0.395 e. The van der Waals surface area contributed by atoms with Gasteiger partial charge in [0.15, 0.2) is 6.29 Å². The fraction of sp³-hybridized carbons (Fsp3) is 1.00. The van der Waals surface area contributed by atoms with Gasteiger partial charge in [0.1, 0.15) is 0 Å². The van der Waals surface area contributed by atoms with Crippen LogP contribution in [0.2, 0.25) is 0 Å². The Bertz CT molecular complexity index is 136. The monoisotopic (exact) mass is 219 g/mol. The predicted molar refractivity (Wildman–Crippen MR) is 60.8 cm³/mol. The SMILES string of the molecule is CCOC(CN[C@H](CO)C(C)C)OCC. The van der Waals surface area contributed by atoms with Gasteiger partial charge in [-0.1, -0.05) is 13.8 Å². The van der Waals surface area contributed by atoms with Crippen LogP contribution in [0.25, 0.3) is 0 Å². The molecule has 0 bridgehead atoms. The van der Waals surface area contributed by atoms with E-state index in [2.05, 4.69) is 19.2 Å². The van der Waals surface area contributed by atoms with E-state index in [0.29, 0.717) is 25.7 Å². The van der Waals surface area contributed by atoms with Crippen molar-refractivity contribution in [1.29, 1.82) is 0 Å². The van der Waals surface area contributed by atoms with E-state index in [9.17, 15) is 0 Å². The number of ether oxygens (including phenoxy) is 2. The van der Waals surface area contributed by atoms with Crippen molar-refractivity contribution in [3.8, 4) is 0 Å². The van der Waals surface area contributed by atoms with Crippen molar-refractivity contribution in [2.45, 2.75) is 40.0 Å². The molecule has 0 heterocycles. The lowest BCUT2D eigenvalue weighted by molar-refractivity contribution is -0.134. The third-order valence-corrected chi connectivity index (χ3v) is 2.25. The van der Waals surface area contributed by atoms with E-state index < -0.39 is 0 Å². The highest BCUT2D eigenvalue weighted by atomic mass is 16.7. The maximum atomic E-state index is 9.12. The summed E-state index contributed by atoms with van der Waals surface area (Å²) in [7, 11) is 0. The number of aliphatic hydroxyl groups is 1. The van der Waals surface area contributed by atoms with Crippen LogP contribution in [0, 0.1) is 5.92 Å². The molecular formula is C11H25NO3. The van der Waals surface area contributed by atoms with Crippen molar-refractivity contribution in [1.82, 2.24) is 5.32 Å². The first kappa shape index (κ1) is 14.8. The summed E-state index contributed by atoms with van der Waals surface area (Å²) in [6.07, 6.45) is -0.215. The Morgan fingerprint density at radius 1 is 1.13 bits per heavy atom. The highest BCUT2D eigenvalue weighted by Gasteiger charge is 2.14. The van der Waals surface area contributed by atoms with Crippen LogP contribution in [0.4, 0.5) is 0 Å². The summed E-state index contributed by atoms with van der Waals surface area (Å²) >= 11 is 0. The standard InChI is InChI=1S/C11H25NO3/c1-5-14-11(15-6-2)7-12-10(8-13)9(3)4/h9-13H,5-8H2,1-4H3/t10-/m1/s1. The van der Waals surface area contributed by atoms with Crippen molar-refractivity contribution < 1.29 is 14.6 Å². The summed E-state index contributed by atoms with van der Waals surface area (Å²) in [6.45, 7) is 10.1. The van der Waals surface area contributed by atoms with Crippen LogP contribution in [0.5, 0.6) is 0 Å². The smallest absolute Gasteiger partial charge is 0.169 e. The average molecular weight is 219 g/mol. The predicted octanol–water partition coefficient (Wildman–Crippen LogP) is 0.992. The summed E-state index contributed by atoms with van der Waals surface area (Å²) in [5.41, 5.74) is 0. The van der Waals surface area contributed by atoms with E-state index in [0.717, 1.165) is 0 Å². The summed E-state index contributed by atoms with van der Waals surface area (Å²) in [4.78, 5) is 0. The van der Waals surface area contributed by atoms with Crippen molar-refractivity contribution in [2.24, 2.45) is 5.92 Å². The minimum atomic E-state index is -0.215. The molecule has 0 saturated carbocycles. The first-order valence-corrected chi connectivity index (χ1v) is 5.73. The van der Waals surface area contributed by atoms with E-state index in [-0.39, 0.29) is 18.9 Å². The molecule has 0 aliphatic heterocycles. The van der Waals surface area contributed by atoms with E-state index in [1.54, 1.807) is 0 Å². The third kappa shape index (κ3) is 6.84. The van der Waals surface area contributed by atoms with Gasteiger partial charge in [-0.3, -0.25) is 0 Å². The van der Waals surface area contributed by atoms with Gasteiger partial charge in [0, 0.05) is 25.8 Å². The fourth-order valence-electron chi connectivity index (χ4n) is 1.30. The molecule has 0 aromatic heterocycles. The molecule has 1 atom stereocenters. The third-order valence-electron chi connectivity index (χ3n) is 2.25. The van der Waals surface area contributed by atoms with Gasteiger partial charge in [0.05, 0.1) is 6.61 Å². The first-order chi connectivity index (χ1) is 7.15. The van der Waals surface area contributed by atoms with Crippen LogP contribution in [-0.2, 0) is 9.47 Å². The molecule has 0 fully saturated rings. The van der Waals surface area contributed by atoms with Gasteiger partial charge in [-0.05, 0) is 19.8 Å². The Morgan fingerprint density at radius 3 is 2.00 bits per heavy atom. The topological polar surface area (TPSA) is 50.7 Å². The Labute approximate surface area is 93.0 Å². The molecule has 0 spiro atoms. The number of rotatable bonds is 9. The van der Waals surface area contributed by atoms with Gasteiger partial charge in [-0.2, -0.15) is 0 Å². The molecule has 4 nitrogen and oxygen atoms in total. The van der Waals surface area contributed by atoms with Gasteiger partial charge in [-0.25, -0.2) is 0 Å². The van der Waals surface area contributed by atoms with Crippen LogP contribution in [0.15, 0.2) is 0 Å². The Hall–Kier alpha value is -0.160. The normalized spacial score (nSPS) is 13.8. The van der Waals surface area contributed by atoms with Crippen LogP contribution < -0.4 is 5.32 Å². The summed E-state index contributed by atoms with van der Waals surface area (Å²) in [6, 6.07) is 0.105. The van der Waals surface area contributed by atoms with Gasteiger partial charge < -0.3 is 19.9 Å². The molecular weight excluding hydrogens is 194 g/mol. The van der Waals surface area contributed by atoms with E-state index in [1.165, 1.54) is 0 Å². The minimum Gasteiger partial charge on any atom is -0.395 e. The highest BCUT2D eigenvalue weighted by molar-refractivity contribution is 4.69.